The highest BCUT2D eigenvalue weighted by Crippen LogP contribution is 2.04. The lowest BCUT2D eigenvalue weighted by atomic mass is 10.1. The van der Waals surface area contributed by atoms with Crippen LogP contribution in [0.25, 0.3) is 0 Å². The Bertz CT molecular complexity index is 1280. The van der Waals surface area contributed by atoms with Gasteiger partial charge in [0.05, 0.1) is 6.33 Å². The molecule has 0 aliphatic carbocycles. The number of nitrogens with one attached hydrogen (secondary N) is 6. The largest absolute Gasteiger partial charge is 0.480 e. The molecule has 1 aromatic rings. The molecule has 0 aliphatic rings. The predicted molar refractivity (Wildman–Crippen MR) is 174 cm³/mol. The molecule has 21 heteroatoms. The second-order valence-corrected chi connectivity index (χ2v) is 10.8. The highest BCUT2D eigenvalue weighted by atomic mass is 16.4. The van der Waals surface area contributed by atoms with Gasteiger partial charge in [0.1, 0.15) is 30.2 Å². The second-order valence-electron chi connectivity index (χ2n) is 10.8. The maximum absolute atomic E-state index is 13.2. The van der Waals surface area contributed by atoms with Gasteiger partial charge >= 0.3 is 5.97 Å². The van der Waals surface area contributed by atoms with Crippen LogP contribution in [0, 0.1) is 0 Å². The predicted octanol–water partition coefficient (Wildman–Crippen LogP) is -5.04. The van der Waals surface area contributed by atoms with Gasteiger partial charge in [-0.2, -0.15) is 0 Å². The van der Waals surface area contributed by atoms with Crippen molar-refractivity contribution in [2.45, 2.75) is 82.6 Å². The summed E-state index contributed by atoms with van der Waals surface area (Å²) in [5, 5.41) is 22.0. The summed E-state index contributed by atoms with van der Waals surface area (Å²) in [4.78, 5) is 90.4. The molecule has 17 N–H and O–H groups in total. The lowest BCUT2D eigenvalue weighted by Crippen LogP contribution is -2.58. The summed E-state index contributed by atoms with van der Waals surface area (Å²) in [6.07, 6.45) is 3.47. The Balaban J connectivity index is 2.95. The molecule has 0 fully saturated rings. The van der Waals surface area contributed by atoms with E-state index in [1.165, 1.54) is 26.4 Å². The molecule has 0 bridgehead atoms. The first-order valence-corrected chi connectivity index (χ1v) is 15.2. The molecule has 48 heavy (non-hydrogen) atoms. The van der Waals surface area contributed by atoms with Crippen molar-refractivity contribution in [3.8, 4) is 0 Å². The number of hydrogen-bond acceptors (Lipinski definition) is 10. The zero-order valence-electron chi connectivity index (χ0n) is 27.0. The summed E-state index contributed by atoms with van der Waals surface area (Å²) in [5.41, 5.74) is 27.2. The van der Waals surface area contributed by atoms with Crippen LogP contribution in [-0.4, -0.2) is 112 Å². The molecular weight excluding hydrogens is 632 g/mol. The molecule has 5 atom stereocenters. The van der Waals surface area contributed by atoms with Crippen molar-refractivity contribution >= 4 is 47.4 Å². The standard InChI is InChI=1S/C27H48N14O7/c1-14(38-24(46)19(39-20(42)7-8-28)11-16-12-33-13-36-16)21(43)40-17(5-3-9-34-26(29)30)23(45)37-15(2)22(44)41-18(25(47)48)6-4-10-35-27(31)32/h12-15,17-19H,3-11,28H2,1-2H3,(H,33,36)(H,37,45)(H,38,46)(H,39,42)(H,40,43)(H,41,44)(H,47,48)(H4,29,30,34)(H4,31,32,35)/t14-,15-,17-,18-,19-/m0/s1. The number of guanidine groups is 2. The first kappa shape index (κ1) is 40.6. The molecule has 0 saturated heterocycles. The van der Waals surface area contributed by atoms with Gasteiger partial charge < -0.3 is 65.3 Å². The highest BCUT2D eigenvalue weighted by Gasteiger charge is 2.30. The van der Waals surface area contributed by atoms with Crippen molar-refractivity contribution in [3.63, 3.8) is 0 Å². The molecule has 21 nitrogen and oxygen atoms in total. The van der Waals surface area contributed by atoms with Crippen LogP contribution in [0.15, 0.2) is 22.5 Å². The zero-order valence-corrected chi connectivity index (χ0v) is 27.0. The maximum atomic E-state index is 13.2. The van der Waals surface area contributed by atoms with E-state index in [-0.39, 0.29) is 70.1 Å². The number of carbonyl (C=O) groups is 6. The van der Waals surface area contributed by atoms with Gasteiger partial charge in [-0.3, -0.25) is 34.0 Å². The third kappa shape index (κ3) is 16.2. The van der Waals surface area contributed by atoms with Gasteiger partial charge in [0.25, 0.3) is 0 Å². The number of carboxylic acid groups (broad SMARTS) is 1. The number of carboxylic acids is 1. The van der Waals surface area contributed by atoms with Crippen LogP contribution in [0.4, 0.5) is 0 Å². The summed E-state index contributed by atoms with van der Waals surface area (Å²) in [7, 11) is 0. The molecule has 0 radical (unpaired) electrons. The third-order valence-corrected chi connectivity index (χ3v) is 6.64. The molecule has 0 aromatic carbocycles. The van der Waals surface area contributed by atoms with E-state index in [4.69, 9.17) is 28.7 Å². The van der Waals surface area contributed by atoms with Crippen LogP contribution in [0.5, 0.6) is 0 Å². The van der Waals surface area contributed by atoms with Gasteiger partial charge in [-0.1, -0.05) is 0 Å². The normalized spacial score (nSPS) is 13.7. The summed E-state index contributed by atoms with van der Waals surface area (Å²) in [6, 6.07) is -5.92. The minimum absolute atomic E-state index is 0.0189. The van der Waals surface area contributed by atoms with Crippen molar-refractivity contribution in [2.75, 3.05) is 19.6 Å². The fourth-order valence-electron chi connectivity index (χ4n) is 4.11. The third-order valence-electron chi connectivity index (χ3n) is 6.64. The number of aromatic amines is 1. The van der Waals surface area contributed by atoms with Crippen LogP contribution in [-0.2, 0) is 35.2 Å². The second kappa shape index (κ2) is 21.3. The quantitative estimate of drug-likeness (QED) is 0.0310. The summed E-state index contributed by atoms with van der Waals surface area (Å²) < 4.78 is 0. The van der Waals surface area contributed by atoms with Crippen molar-refractivity contribution in [3.05, 3.63) is 18.2 Å². The average Bonchev–Trinajstić information content (AvgIpc) is 3.52. The van der Waals surface area contributed by atoms with Crippen LogP contribution in [0.1, 0.15) is 51.6 Å². The summed E-state index contributed by atoms with van der Waals surface area (Å²) >= 11 is 0. The minimum Gasteiger partial charge on any atom is -0.480 e. The summed E-state index contributed by atoms with van der Waals surface area (Å²) in [5.74, 6) is -5.06. The smallest absolute Gasteiger partial charge is 0.326 e. The number of aliphatic carboxylic acids is 1. The van der Waals surface area contributed by atoms with Crippen LogP contribution in [0.2, 0.25) is 0 Å². The lowest BCUT2D eigenvalue weighted by molar-refractivity contribution is -0.142. The van der Waals surface area contributed by atoms with Gasteiger partial charge in [-0.05, 0) is 39.5 Å². The van der Waals surface area contributed by atoms with Gasteiger partial charge in [0.15, 0.2) is 11.9 Å². The number of aromatic nitrogens is 2. The Morgan fingerprint density at radius 2 is 1.27 bits per heavy atom. The van der Waals surface area contributed by atoms with E-state index in [0.717, 1.165) is 0 Å². The Hall–Kier alpha value is -5.47. The Morgan fingerprint density at radius 3 is 1.73 bits per heavy atom. The zero-order chi connectivity index (χ0) is 36.2. The molecule has 1 aromatic heterocycles. The van der Waals surface area contributed by atoms with E-state index < -0.39 is 65.7 Å². The minimum atomic E-state index is -1.29. The Morgan fingerprint density at radius 1 is 0.771 bits per heavy atom. The van der Waals surface area contributed by atoms with E-state index in [9.17, 15) is 33.9 Å². The monoisotopic (exact) mass is 680 g/mol. The fraction of sp³-hybridized carbons (Fsp3) is 0.593. The molecule has 5 amide bonds. The van der Waals surface area contributed by atoms with Crippen molar-refractivity contribution in [1.29, 1.82) is 0 Å². The van der Waals surface area contributed by atoms with E-state index in [2.05, 4.69) is 46.5 Å². The Labute approximate surface area is 277 Å². The number of nitrogens with zero attached hydrogens (tertiary/aromatic N) is 3. The first-order valence-electron chi connectivity index (χ1n) is 15.2. The SMILES string of the molecule is C[C@H](NC(=O)[C@H](Cc1cnc[nH]1)NC(=O)CCN)C(=O)N[C@@H](CCCN=C(N)N)C(=O)N[C@@H](C)C(=O)N[C@@H](CCCN=C(N)N)C(=O)O. The van der Waals surface area contributed by atoms with E-state index in [1.54, 1.807) is 0 Å². The number of aliphatic imine (C=N–C) groups is 2. The van der Waals surface area contributed by atoms with Crippen LogP contribution < -0.4 is 55.3 Å². The molecule has 0 unspecified atom stereocenters. The van der Waals surface area contributed by atoms with Gasteiger partial charge in [-0.25, -0.2) is 9.78 Å². The van der Waals surface area contributed by atoms with Crippen LogP contribution in [0.3, 0.4) is 0 Å². The van der Waals surface area contributed by atoms with Gasteiger partial charge in [-0.15, -0.1) is 0 Å². The first-order chi connectivity index (χ1) is 22.6. The molecular formula is C27H48N14O7. The fourth-order valence-corrected chi connectivity index (χ4v) is 4.11. The van der Waals surface area contributed by atoms with E-state index in [1.807, 2.05) is 0 Å². The van der Waals surface area contributed by atoms with E-state index >= 15 is 0 Å². The number of imidazole rings is 1. The van der Waals surface area contributed by atoms with Crippen molar-refractivity contribution < 1.29 is 33.9 Å². The number of rotatable bonds is 22. The maximum Gasteiger partial charge on any atom is 0.326 e. The van der Waals surface area contributed by atoms with Crippen molar-refractivity contribution in [1.82, 2.24) is 36.6 Å². The summed E-state index contributed by atoms with van der Waals surface area (Å²) in [6.45, 7) is 3.07. The number of hydrogen-bond donors (Lipinski definition) is 12. The molecule has 0 aliphatic heterocycles. The number of amides is 5. The number of H-pyrrole nitrogens is 1. The number of carbonyl (C=O) groups excluding carboxylic acids is 5. The lowest BCUT2D eigenvalue weighted by Gasteiger charge is -2.25. The highest BCUT2D eigenvalue weighted by molar-refractivity contribution is 5.95. The molecule has 1 rings (SSSR count). The van der Waals surface area contributed by atoms with Crippen molar-refractivity contribution in [2.24, 2.45) is 38.7 Å². The van der Waals surface area contributed by atoms with Gasteiger partial charge in [0, 0.05) is 44.4 Å². The average molecular weight is 681 g/mol. The molecule has 1 heterocycles. The van der Waals surface area contributed by atoms with Gasteiger partial charge in [0.2, 0.25) is 29.5 Å². The Kier molecular flexibility index (Phi) is 18.0. The molecule has 0 saturated carbocycles. The van der Waals surface area contributed by atoms with E-state index in [0.29, 0.717) is 5.69 Å². The topological polar surface area (TPSA) is 366 Å². The number of nitrogens with two attached hydrogens (primary N) is 5. The molecule has 0 spiro atoms. The molecule has 268 valence electrons. The van der Waals surface area contributed by atoms with Crippen LogP contribution >= 0.6 is 0 Å².